The molecule has 4 nitrogen and oxygen atoms in total. The summed E-state index contributed by atoms with van der Waals surface area (Å²) in [5, 5.41) is 18.4. The molecule has 0 bridgehead atoms. The fraction of sp³-hybridized carbons (Fsp3) is 1.00. The maximum atomic E-state index is 9.19. The van der Waals surface area contributed by atoms with E-state index in [0.29, 0.717) is 18.6 Å². The Morgan fingerprint density at radius 2 is 2.08 bits per heavy atom. The van der Waals surface area contributed by atoms with Crippen molar-refractivity contribution < 1.29 is 10.2 Å². The Kier molecular flexibility index (Phi) is 1.54. The van der Waals surface area contributed by atoms with Gasteiger partial charge in [0.1, 0.15) is 0 Å². The molecule has 3 aliphatic heterocycles. The van der Waals surface area contributed by atoms with Crippen LogP contribution in [-0.4, -0.2) is 64.6 Å². The molecule has 1 spiro atoms. The van der Waals surface area contributed by atoms with Crippen molar-refractivity contribution in [2.75, 3.05) is 32.8 Å². The first-order chi connectivity index (χ1) is 6.32. The summed E-state index contributed by atoms with van der Waals surface area (Å²) in [7, 11) is 0. The molecule has 4 heteroatoms. The van der Waals surface area contributed by atoms with Crippen molar-refractivity contribution in [3.8, 4) is 0 Å². The summed E-state index contributed by atoms with van der Waals surface area (Å²) in [6.07, 6.45) is 1.18. The molecule has 3 rings (SSSR count). The first kappa shape index (κ1) is 8.17. The van der Waals surface area contributed by atoms with Crippen LogP contribution in [0, 0.1) is 5.92 Å². The van der Waals surface area contributed by atoms with Crippen LogP contribution in [0.2, 0.25) is 0 Å². The molecule has 0 aromatic carbocycles. The first-order valence-electron chi connectivity index (χ1n) is 5.06. The van der Waals surface area contributed by atoms with Gasteiger partial charge in [-0.25, -0.2) is 0 Å². The van der Waals surface area contributed by atoms with Gasteiger partial charge in [0, 0.05) is 31.6 Å². The highest BCUT2D eigenvalue weighted by Crippen LogP contribution is 2.53. The third-order valence-corrected chi connectivity index (χ3v) is 4.17. The summed E-state index contributed by atoms with van der Waals surface area (Å²) in [4.78, 5) is 4.79. The van der Waals surface area contributed by atoms with E-state index in [1.807, 2.05) is 0 Å². The van der Waals surface area contributed by atoms with E-state index in [9.17, 15) is 10.2 Å². The predicted octanol–water partition coefficient (Wildman–Crippen LogP) is -1.31. The van der Waals surface area contributed by atoms with Gasteiger partial charge in [-0.15, -0.1) is 0 Å². The van der Waals surface area contributed by atoms with E-state index in [0.717, 1.165) is 19.6 Å². The first-order valence-corrected chi connectivity index (χ1v) is 5.06. The second kappa shape index (κ2) is 2.45. The molecular weight excluding hydrogens is 168 g/mol. The second-order valence-corrected chi connectivity index (χ2v) is 4.44. The molecule has 3 unspecified atom stereocenters. The van der Waals surface area contributed by atoms with Gasteiger partial charge in [0.15, 0.2) is 0 Å². The third-order valence-electron chi connectivity index (χ3n) is 4.17. The Balaban J connectivity index is 1.84. The molecule has 0 radical (unpaired) electrons. The second-order valence-electron chi connectivity index (χ2n) is 4.44. The summed E-state index contributed by atoms with van der Waals surface area (Å²) < 4.78 is 0. The number of hydrogen-bond donors (Lipinski definition) is 2. The van der Waals surface area contributed by atoms with E-state index in [1.54, 1.807) is 0 Å². The van der Waals surface area contributed by atoms with Gasteiger partial charge in [-0.3, -0.25) is 9.80 Å². The largest absolute Gasteiger partial charge is 0.396 e. The number of aliphatic hydroxyl groups excluding tert-OH is 2. The van der Waals surface area contributed by atoms with E-state index >= 15 is 0 Å². The summed E-state index contributed by atoms with van der Waals surface area (Å²) in [5.74, 6) is 0.429. The molecule has 3 fully saturated rings. The van der Waals surface area contributed by atoms with Crippen LogP contribution in [0.15, 0.2) is 0 Å². The Labute approximate surface area is 77.7 Å². The van der Waals surface area contributed by atoms with Gasteiger partial charge in [-0.1, -0.05) is 0 Å². The maximum Gasteiger partial charge on any atom is 0.0818 e. The topological polar surface area (TPSA) is 46.9 Å². The lowest BCUT2D eigenvalue weighted by Gasteiger charge is -2.64. The molecule has 3 atom stereocenters. The van der Waals surface area contributed by atoms with Crippen molar-refractivity contribution in [2.45, 2.75) is 18.1 Å². The lowest BCUT2D eigenvalue weighted by Crippen LogP contribution is -2.77. The van der Waals surface area contributed by atoms with Gasteiger partial charge < -0.3 is 10.2 Å². The van der Waals surface area contributed by atoms with Crippen LogP contribution >= 0.6 is 0 Å². The number of rotatable bonds is 2. The highest BCUT2D eigenvalue weighted by molar-refractivity contribution is 5.18. The quantitative estimate of drug-likeness (QED) is 0.559. The fourth-order valence-electron chi connectivity index (χ4n) is 3.38. The van der Waals surface area contributed by atoms with Crippen LogP contribution in [-0.2, 0) is 0 Å². The fourth-order valence-corrected chi connectivity index (χ4v) is 3.38. The zero-order chi connectivity index (χ0) is 9.05. The Bertz CT molecular complexity index is 234. The summed E-state index contributed by atoms with van der Waals surface area (Å²) >= 11 is 0. The Morgan fingerprint density at radius 1 is 1.23 bits per heavy atom. The minimum atomic E-state index is 0.169. The molecule has 0 amide bonds. The molecule has 3 aliphatic rings. The van der Waals surface area contributed by atoms with Crippen LogP contribution in [0.1, 0.15) is 6.42 Å². The van der Waals surface area contributed by atoms with Crippen molar-refractivity contribution in [3.05, 3.63) is 0 Å². The summed E-state index contributed by atoms with van der Waals surface area (Å²) in [6, 6.07) is 0.324. The molecule has 3 saturated heterocycles. The standard InChI is InChI=1S/C9H16N2O2/c12-5-7-3-11-8(6-13)4-10-2-1-9(7,10)11/h7-8,12-13H,1-6H2. The van der Waals surface area contributed by atoms with Crippen molar-refractivity contribution in [1.29, 1.82) is 0 Å². The lowest BCUT2D eigenvalue weighted by atomic mass is 9.74. The Hall–Kier alpha value is -0.160. The van der Waals surface area contributed by atoms with E-state index < -0.39 is 0 Å². The van der Waals surface area contributed by atoms with E-state index in [1.165, 1.54) is 6.42 Å². The monoisotopic (exact) mass is 184 g/mol. The van der Waals surface area contributed by atoms with Crippen LogP contribution in [0.5, 0.6) is 0 Å². The van der Waals surface area contributed by atoms with Gasteiger partial charge in [-0.2, -0.15) is 0 Å². The van der Waals surface area contributed by atoms with Crippen LogP contribution in [0.3, 0.4) is 0 Å². The predicted molar refractivity (Wildman–Crippen MR) is 47.1 cm³/mol. The third kappa shape index (κ3) is 0.722. The van der Waals surface area contributed by atoms with Crippen molar-refractivity contribution in [2.24, 2.45) is 5.92 Å². The minimum Gasteiger partial charge on any atom is -0.396 e. The molecular formula is C9H16N2O2. The molecule has 74 valence electrons. The van der Waals surface area contributed by atoms with Gasteiger partial charge in [0.05, 0.1) is 18.9 Å². The zero-order valence-electron chi connectivity index (χ0n) is 7.69. The molecule has 13 heavy (non-hydrogen) atoms. The van der Waals surface area contributed by atoms with Crippen LogP contribution < -0.4 is 0 Å². The van der Waals surface area contributed by atoms with Gasteiger partial charge in [-0.05, 0) is 6.42 Å². The lowest BCUT2D eigenvalue weighted by molar-refractivity contribution is -0.209. The highest BCUT2D eigenvalue weighted by atomic mass is 16.3. The van der Waals surface area contributed by atoms with Crippen LogP contribution in [0.4, 0.5) is 0 Å². The van der Waals surface area contributed by atoms with Gasteiger partial charge in [0.25, 0.3) is 0 Å². The average molecular weight is 184 g/mol. The minimum absolute atomic E-state index is 0.169. The van der Waals surface area contributed by atoms with Crippen molar-refractivity contribution in [3.63, 3.8) is 0 Å². The Morgan fingerprint density at radius 3 is 2.62 bits per heavy atom. The molecule has 3 heterocycles. The highest BCUT2D eigenvalue weighted by Gasteiger charge is 2.67. The van der Waals surface area contributed by atoms with Crippen molar-refractivity contribution in [1.82, 2.24) is 9.80 Å². The van der Waals surface area contributed by atoms with E-state index in [2.05, 4.69) is 9.80 Å². The molecule has 0 aromatic heterocycles. The summed E-state index contributed by atoms with van der Waals surface area (Å²) in [6.45, 7) is 3.66. The smallest absolute Gasteiger partial charge is 0.0818 e. The summed E-state index contributed by atoms with van der Waals surface area (Å²) in [5.41, 5.74) is 0.169. The molecule has 0 aliphatic carbocycles. The van der Waals surface area contributed by atoms with Crippen molar-refractivity contribution >= 4 is 0 Å². The number of hydrogen-bond acceptors (Lipinski definition) is 4. The maximum absolute atomic E-state index is 9.19. The normalized spacial score (nSPS) is 49.4. The molecule has 2 N–H and O–H groups in total. The molecule has 0 aromatic rings. The van der Waals surface area contributed by atoms with E-state index in [-0.39, 0.29) is 12.3 Å². The van der Waals surface area contributed by atoms with E-state index in [4.69, 9.17) is 0 Å². The van der Waals surface area contributed by atoms with Gasteiger partial charge >= 0.3 is 0 Å². The number of aliphatic hydroxyl groups is 2. The van der Waals surface area contributed by atoms with Gasteiger partial charge in [0.2, 0.25) is 0 Å². The number of nitrogens with zero attached hydrogens (tertiary/aromatic N) is 2. The van der Waals surface area contributed by atoms with Crippen LogP contribution in [0.25, 0.3) is 0 Å². The SMILES string of the molecule is OCC1CN2CCC23C(CO)CN13. The zero-order valence-corrected chi connectivity index (χ0v) is 7.69. The average Bonchev–Trinajstić information content (AvgIpc) is 2.21. The molecule has 0 saturated carbocycles.